The van der Waals surface area contributed by atoms with E-state index in [2.05, 4.69) is 21.2 Å². The van der Waals surface area contributed by atoms with E-state index in [-0.39, 0.29) is 0 Å². The highest BCUT2D eigenvalue weighted by Crippen LogP contribution is 2.33. The van der Waals surface area contributed by atoms with E-state index in [1.165, 1.54) is 0 Å². The second-order valence-electron chi connectivity index (χ2n) is 4.40. The molecule has 21 heavy (non-hydrogen) atoms. The van der Waals surface area contributed by atoms with E-state index < -0.39 is 0 Å². The summed E-state index contributed by atoms with van der Waals surface area (Å²) in [5, 5.41) is 3.21. The van der Waals surface area contributed by atoms with Crippen molar-refractivity contribution in [3.05, 3.63) is 52.5 Å². The summed E-state index contributed by atoms with van der Waals surface area (Å²) in [6, 6.07) is 13.9. The lowest BCUT2D eigenvalue weighted by molar-refractivity contribution is 0.174. The lowest BCUT2D eigenvalue weighted by atomic mass is 10.2. The number of rotatable bonds is 3. The van der Waals surface area contributed by atoms with Crippen molar-refractivity contribution >= 4 is 49.9 Å². The zero-order valence-corrected chi connectivity index (χ0v) is 14.2. The van der Waals surface area contributed by atoms with E-state index in [0.717, 1.165) is 37.3 Å². The van der Waals surface area contributed by atoms with Gasteiger partial charge in [0.15, 0.2) is 11.5 Å². The zero-order valence-electron chi connectivity index (χ0n) is 11.0. The van der Waals surface area contributed by atoms with Crippen LogP contribution in [0.15, 0.2) is 46.9 Å². The van der Waals surface area contributed by atoms with Gasteiger partial charge in [0.05, 0.1) is 0 Å². The summed E-state index contributed by atoms with van der Waals surface area (Å²) in [6.07, 6.45) is 0. The first kappa shape index (κ1) is 14.7. The molecule has 0 unspecified atom stereocenters. The van der Waals surface area contributed by atoms with Gasteiger partial charge >= 0.3 is 0 Å². The highest BCUT2D eigenvalue weighted by Gasteiger charge is 2.13. The third kappa shape index (κ3) is 3.90. The van der Waals surface area contributed by atoms with Crippen molar-refractivity contribution in [3.8, 4) is 11.5 Å². The Morgan fingerprint density at radius 2 is 1.90 bits per heavy atom. The molecule has 0 saturated heterocycles. The van der Waals surface area contributed by atoms with E-state index in [0.29, 0.717) is 6.79 Å². The van der Waals surface area contributed by atoms with Gasteiger partial charge in [-0.2, -0.15) is 0 Å². The van der Waals surface area contributed by atoms with Crippen molar-refractivity contribution in [2.24, 2.45) is 0 Å². The summed E-state index contributed by atoms with van der Waals surface area (Å²) in [5.74, 6) is 2.40. The van der Waals surface area contributed by atoms with Crippen molar-refractivity contribution in [2.45, 2.75) is 5.75 Å². The van der Waals surface area contributed by atoms with E-state index >= 15 is 0 Å². The van der Waals surface area contributed by atoms with Crippen LogP contribution in [-0.4, -0.2) is 11.1 Å². The summed E-state index contributed by atoms with van der Waals surface area (Å²) in [5.41, 5.74) is 2.14. The molecule has 1 heterocycles. The van der Waals surface area contributed by atoms with E-state index in [1.54, 1.807) is 11.8 Å². The Kier molecular flexibility index (Phi) is 4.67. The normalized spacial score (nSPS) is 12.2. The van der Waals surface area contributed by atoms with E-state index in [1.807, 2.05) is 42.5 Å². The molecule has 1 aliphatic rings. The predicted octanol–water partition coefficient (Wildman–Crippen LogP) is 4.81. The van der Waals surface area contributed by atoms with Gasteiger partial charge in [-0.3, -0.25) is 0 Å². The maximum absolute atomic E-state index is 5.37. The van der Waals surface area contributed by atoms with Crippen LogP contribution in [-0.2, 0) is 5.75 Å². The minimum Gasteiger partial charge on any atom is -0.454 e. The fourth-order valence-corrected chi connectivity index (χ4v) is 3.09. The van der Waals surface area contributed by atoms with Gasteiger partial charge in [-0.05, 0) is 42.0 Å². The molecule has 0 aliphatic carbocycles. The molecule has 0 radical (unpaired) electrons. The first-order valence-corrected chi connectivity index (χ1v) is 8.47. The van der Waals surface area contributed by atoms with Crippen molar-refractivity contribution in [1.29, 1.82) is 0 Å². The summed E-state index contributed by atoms with van der Waals surface area (Å²) in [6.45, 7) is 0.301. The Morgan fingerprint density at radius 1 is 1.14 bits per heavy atom. The topological polar surface area (TPSA) is 30.5 Å². The summed E-state index contributed by atoms with van der Waals surface area (Å²) >= 11 is 10.3. The Morgan fingerprint density at radius 3 is 2.71 bits per heavy atom. The lowest BCUT2D eigenvalue weighted by Crippen LogP contribution is -2.04. The SMILES string of the molecule is S=C(Nc1ccc(Br)cc1)SCc1ccc2c(c1)OCO2. The second kappa shape index (κ2) is 6.68. The van der Waals surface area contributed by atoms with Gasteiger partial charge in [-0.1, -0.05) is 46.0 Å². The van der Waals surface area contributed by atoms with Gasteiger partial charge in [0, 0.05) is 15.9 Å². The quantitative estimate of drug-likeness (QED) is 0.770. The molecule has 0 aromatic heterocycles. The molecular formula is C15H12BrNO2S2. The number of hydrogen-bond acceptors (Lipinski definition) is 4. The number of nitrogens with one attached hydrogen (secondary N) is 1. The molecule has 6 heteroatoms. The molecule has 2 aromatic carbocycles. The molecule has 3 rings (SSSR count). The number of halogens is 1. The van der Waals surface area contributed by atoms with Gasteiger partial charge < -0.3 is 14.8 Å². The molecule has 0 fully saturated rings. The standard InChI is InChI=1S/C15H12BrNO2S2/c16-11-2-4-12(5-3-11)17-15(20)21-8-10-1-6-13-14(7-10)19-9-18-13/h1-7H,8-9H2,(H,17,20). The first-order valence-electron chi connectivity index (χ1n) is 6.28. The Hall–Kier alpha value is -1.24. The van der Waals surface area contributed by atoms with Crippen LogP contribution in [0.2, 0.25) is 0 Å². The summed E-state index contributed by atoms with van der Waals surface area (Å²) in [7, 11) is 0. The van der Waals surface area contributed by atoms with Gasteiger partial charge in [-0.25, -0.2) is 0 Å². The number of thiocarbonyl (C=S) groups is 1. The van der Waals surface area contributed by atoms with Crippen LogP contribution in [0.25, 0.3) is 0 Å². The third-order valence-corrected chi connectivity index (χ3v) is 4.72. The number of fused-ring (bicyclic) bond motifs is 1. The van der Waals surface area contributed by atoms with Crippen LogP contribution in [0.3, 0.4) is 0 Å². The highest BCUT2D eigenvalue weighted by atomic mass is 79.9. The van der Waals surface area contributed by atoms with Gasteiger partial charge in [0.2, 0.25) is 6.79 Å². The maximum atomic E-state index is 5.37. The van der Waals surface area contributed by atoms with Crippen LogP contribution in [0.4, 0.5) is 5.69 Å². The average Bonchev–Trinajstić information content (AvgIpc) is 2.95. The molecule has 1 N–H and O–H groups in total. The monoisotopic (exact) mass is 381 g/mol. The van der Waals surface area contributed by atoms with E-state index in [4.69, 9.17) is 21.7 Å². The number of ether oxygens (including phenoxy) is 2. The third-order valence-electron chi connectivity index (χ3n) is 2.90. The predicted molar refractivity (Wildman–Crippen MR) is 94.2 cm³/mol. The smallest absolute Gasteiger partial charge is 0.231 e. The fourth-order valence-electron chi connectivity index (χ4n) is 1.87. The molecule has 0 spiro atoms. The van der Waals surface area contributed by atoms with Gasteiger partial charge in [-0.15, -0.1) is 0 Å². The summed E-state index contributed by atoms with van der Waals surface area (Å²) in [4.78, 5) is 0. The number of anilines is 1. The average molecular weight is 382 g/mol. The number of thioether (sulfide) groups is 1. The molecule has 2 aromatic rings. The van der Waals surface area contributed by atoms with Crippen LogP contribution < -0.4 is 14.8 Å². The summed E-state index contributed by atoms with van der Waals surface area (Å²) < 4.78 is 12.5. The second-order valence-corrected chi connectivity index (χ2v) is 6.96. The van der Waals surface area contributed by atoms with Crippen LogP contribution in [0.1, 0.15) is 5.56 Å². The largest absolute Gasteiger partial charge is 0.454 e. The van der Waals surface area contributed by atoms with Crippen LogP contribution in [0.5, 0.6) is 11.5 Å². The first-order chi connectivity index (χ1) is 10.2. The minimum atomic E-state index is 0.301. The molecule has 0 saturated carbocycles. The number of hydrogen-bond donors (Lipinski definition) is 1. The van der Waals surface area contributed by atoms with Crippen LogP contribution in [0, 0.1) is 0 Å². The fraction of sp³-hybridized carbons (Fsp3) is 0.133. The van der Waals surface area contributed by atoms with E-state index in [9.17, 15) is 0 Å². The Labute approximate surface area is 141 Å². The Balaban J connectivity index is 1.55. The highest BCUT2D eigenvalue weighted by molar-refractivity contribution is 9.10. The van der Waals surface area contributed by atoms with Crippen molar-refractivity contribution < 1.29 is 9.47 Å². The molecule has 0 amide bonds. The van der Waals surface area contributed by atoms with Gasteiger partial charge in [0.25, 0.3) is 0 Å². The molecule has 0 atom stereocenters. The Bertz CT molecular complexity index is 661. The lowest BCUT2D eigenvalue weighted by Gasteiger charge is -2.08. The minimum absolute atomic E-state index is 0.301. The van der Waals surface area contributed by atoms with Crippen LogP contribution >= 0.6 is 39.9 Å². The molecule has 1 aliphatic heterocycles. The maximum Gasteiger partial charge on any atom is 0.231 e. The molecular weight excluding hydrogens is 370 g/mol. The number of benzene rings is 2. The molecule has 0 bridgehead atoms. The van der Waals surface area contributed by atoms with Crippen molar-refractivity contribution in [2.75, 3.05) is 12.1 Å². The molecule has 3 nitrogen and oxygen atoms in total. The van der Waals surface area contributed by atoms with Gasteiger partial charge in [0.1, 0.15) is 4.32 Å². The molecule has 108 valence electrons. The van der Waals surface area contributed by atoms with Crippen molar-refractivity contribution in [1.82, 2.24) is 0 Å². The van der Waals surface area contributed by atoms with Crippen molar-refractivity contribution in [3.63, 3.8) is 0 Å². The zero-order chi connectivity index (χ0) is 14.7.